The van der Waals surface area contributed by atoms with Crippen molar-refractivity contribution in [2.24, 2.45) is 5.92 Å². The molecule has 0 bridgehead atoms. The second-order valence-corrected chi connectivity index (χ2v) is 12.1. The molecule has 3 rings (SSSR count). The molecule has 272 valence electrons. The van der Waals surface area contributed by atoms with Crippen LogP contribution in [-0.2, 0) is 16.0 Å². The number of nitrogens with zero attached hydrogens (tertiary/aromatic N) is 1. The van der Waals surface area contributed by atoms with Crippen LogP contribution in [0.25, 0.3) is 0 Å². The summed E-state index contributed by atoms with van der Waals surface area (Å²) in [5, 5.41) is 41.3. The summed E-state index contributed by atoms with van der Waals surface area (Å²) in [6, 6.07) is 16.0. The van der Waals surface area contributed by atoms with Crippen LogP contribution in [0.15, 0.2) is 54.6 Å². The predicted octanol–water partition coefficient (Wildman–Crippen LogP) is 6.71. The van der Waals surface area contributed by atoms with Crippen LogP contribution >= 0.6 is 0 Å². The smallest absolute Gasteiger partial charge is 0.326 e. The molecule has 3 unspecified atom stereocenters. The first kappa shape index (κ1) is 44.5. The second kappa shape index (κ2) is 28.5. The van der Waals surface area contributed by atoms with Crippen molar-refractivity contribution in [3.05, 3.63) is 60.2 Å². The number of para-hydroxylation sites is 1. The zero-order chi connectivity index (χ0) is 36.2. The summed E-state index contributed by atoms with van der Waals surface area (Å²) in [4.78, 5) is 26.5. The molecule has 1 saturated heterocycles. The molecule has 0 aromatic heterocycles. The van der Waals surface area contributed by atoms with Gasteiger partial charge in [-0.2, -0.15) is 0 Å². The Morgan fingerprint density at radius 1 is 0.938 bits per heavy atom. The number of benzene rings is 2. The molecule has 1 amide bonds. The summed E-state index contributed by atoms with van der Waals surface area (Å²) in [6.45, 7) is 13.9. The van der Waals surface area contributed by atoms with Gasteiger partial charge in [-0.3, -0.25) is 15.3 Å². The molecular formula is C37H64N6O5. The fraction of sp³-hybridized carbons (Fsp3) is 0.595. The fourth-order valence-electron chi connectivity index (χ4n) is 4.95. The number of hydrogen-bond donors (Lipinski definition) is 8. The van der Waals surface area contributed by atoms with Crippen LogP contribution in [0.2, 0.25) is 0 Å². The van der Waals surface area contributed by atoms with E-state index in [-0.39, 0.29) is 18.4 Å². The highest BCUT2D eigenvalue weighted by Crippen LogP contribution is 2.25. The molecule has 0 spiro atoms. The third kappa shape index (κ3) is 18.7. The van der Waals surface area contributed by atoms with Crippen LogP contribution in [0, 0.1) is 11.3 Å². The zero-order valence-corrected chi connectivity index (χ0v) is 30.2. The summed E-state index contributed by atoms with van der Waals surface area (Å²) >= 11 is 0. The van der Waals surface area contributed by atoms with E-state index in [2.05, 4.69) is 60.8 Å². The molecule has 8 N–H and O–H groups in total. The molecule has 3 atom stereocenters. The Morgan fingerprint density at radius 3 is 2.08 bits per heavy atom. The average molecular weight is 673 g/mol. The largest absolute Gasteiger partial charge is 0.480 e. The first-order chi connectivity index (χ1) is 23.2. The first-order valence-corrected chi connectivity index (χ1v) is 17.5. The lowest BCUT2D eigenvalue weighted by atomic mass is 10.0. The van der Waals surface area contributed by atoms with Gasteiger partial charge in [0.2, 0.25) is 5.91 Å². The Hall–Kier alpha value is -3.51. The lowest BCUT2D eigenvalue weighted by Crippen LogP contribution is -2.50. The molecular weight excluding hydrogens is 608 g/mol. The van der Waals surface area contributed by atoms with E-state index >= 15 is 0 Å². The van der Waals surface area contributed by atoms with Crippen LogP contribution in [0.1, 0.15) is 91.5 Å². The summed E-state index contributed by atoms with van der Waals surface area (Å²) in [6.07, 6.45) is 10.8. The number of hydrogen-bond acceptors (Lipinski definition) is 9. The normalized spacial score (nSPS) is 14.6. The Labute approximate surface area is 289 Å². The van der Waals surface area contributed by atoms with Gasteiger partial charge in [0, 0.05) is 31.4 Å². The summed E-state index contributed by atoms with van der Waals surface area (Å²) < 4.78 is 0. The van der Waals surface area contributed by atoms with Crippen LogP contribution in [0.5, 0.6) is 0 Å². The predicted molar refractivity (Wildman–Crippen MR) is 199 cm³/mol. The SMILES string of the molecule is CCCC.CCCNC(NCCCCC=N)C(C)C.CNc1ccc(CC(NC(=O)C2CCCN2c2ccccc2)C(=O)O)cc1.OO. The number of carbonyl (C=O) groups is 2. The Kier molecular flexibility index (Phi) is 26.4. The minimum Gasteiger partial charge on any atom is -0.480 e. The summed E-state index contributed by atoms with van der Waals surface area (Å²) in [5.74, 6) is -0.625. The van der Waals surface area contributed by atoms with Gasteiger partial charge in [-0.05, 0) is 93.6 Å². The molecule has 11 nitrogen and oxygen atoms in total. The standard InChI is InChI=1S/C21H25N3O3.C12H27N3.C4H10.H2O2/c1-22-16-11-9-15(10-12-16)14-18(21(26)27)23-20(25)19-8-5-13-24(19)17-6-3-2-4-7-17;1-4-9-14-12(11(2)3)15-10-7-5-6-8-13;1-3-4-2;1-2/h2-4,6-7,9-12,18-19,22H,5,8,13-14H2,1H3,(H,23,25)(H,26,27);8,11-15H,4-7,9-10H2,1-3H3;3-4H2,1-2H3;1-2H. The van der Waals surface area contributed by atoms with Crippen LogP contribution < -0.4 is 26.2 Å². The molecule has 11 heteroatoms. The highest BCUT2D eigenvalue weighted by molar-refractivity contribution is 5.89. The number of carbonyl (C=O) groups excluding carboxylic acids is 1. The van der Waals surface area contributed by atoms with Crippen LogP contribution in [0.4, 0.5) is 11.4 Å². The summed E-state index contributed by atoms with van der Waals surface area (Å²) in [7, 11) is 1.83. The van der Waals surface area contributed by atoms with E-state index in [4.69, 9.17) is 15.9 Å². The van der Waals surface area contributed by atoms with Crippen molar-refractivity contribution in [3.8, 4) is 0 Å². The topological polar surface area (TPSA) is 170 Å². The maximum Gasteiger partial charge on any atom is 0.326 e. The van der Waals surface area contributed by atoms with E-state index in [9.17, 15) is 14.7 Å². The van der Waals surface area contributed by atoms with Crippen LogP contribution in [-0.4, -0.2) is 78.6 Å². The Bertz CT molecular complexity index is 1090. The van der Waals surface area contributed by atoms with E-state index < -0.39 is 12.0 Å². The number of nitrogens with one attached hydrogen (secondary N) is 5. The van der Waals surface area contributed by atoms with Gasteiger partial charge in [0.15, 0.2) is 0 Å². The zero-order valence-electron chi connectivity index (χ0n) is 30.2. The van der Waals surface area contributed by atoms with E-state index in [0.29, 0.717) is 12.1 Å². The second-order valence-electron chi connectivity index (χ2n) is 12.1. The van der Waals surface area contributed by atoms with Crippen molar-refractivity contribution < 1.29 is 25.2 Å². The molecule has 2 aromatic carbocycles. The van der Waals surface area contributed by atoms with Crippen LogP contribution in [0.3, 0.4) is 0 Å². The molecule has 1 heterocycles. The van der Waals surface area contributed by atoms with Gasteiger partial charge in [-0.1, -0.05) is 77.8 Å². The maximum atomic E-state index is 12.8. The number of amides is 1. The highest BCUT2D eigenvalue weighted by Gasteiger charge is 2.33. The third-order valence-corrected chi connectivity index (χ3v) is 7.86. The number of carboxylic acid groups (broad SMARTS) is 1. The van der Waals surface area contributed by atoms with E-state index in [1.54, 1.807) is 0 Å². The Morgan fingerprint density at radius 2 is 1.56 bits per heavy atom. The van der Waals surface area contributed by atoms with Gasteiger partial charge in [0.05, 0.1) is 6.17 Å². The lowest BCUT2D eigenvalue weighted by molar-refractivity contribution is -0.176. The van der Waals surface area contributed by atoms with Gasteiger partial charge >= 0.3 is 5.97 Å². The molecule has 48 heavy (non-hydrogen) atoms. The molecule has 0 radical (unpaired) electrons. The number of unbranched alkanes of at least 4 members (excludes halogenated alkanes) is 3. The van der Waals surface area contributed by atoms with Gasteiger partial charge < -0.3 is 36.7 Å². The molecule has 1 aliphatic heterocycles. The number of aliphatic carboxylic acids is 1. The van der Waals surface area contributed by atoms with Crippen molar-refractivity contribution in [1.29, 1.82) is 5.41 Å². The summed E-state index contributed by atoms with van der Waals surface area (Å²) in [5.41, 5.74) is 2.82. The van der Waals surface area contributed by atoms with Crippen molar-refractivity contribution in [3.63, 3.8) is 0 Å². The lowest BCUT2D eigenvalue weighted by Gasteiger charge is -2.27. The average Bonchev–Trinajstić information content (AvgIpc) is 3.61. The van der Waals surface area contributed by atoms with Gasteiger partial charge in [0.25, 0.3) is 0 Å². The monoisotopic (exact) mass is 672 g/mol. The Balaban J connectivity index is 0.000000891. The van der Waals surface area contributed by atoms with Crippen molar-refractivity contribution in [2.45, 2.75) is 111 Å². The molecule has 1 fully saturated rings. The van der Waals surface area contributed by atoms with Gasteiger partial charge in [-0.15, -0.1) is 0 Å². The molecule has 0 saturated carbocycles. The maximum absolute atomic E-state index is 12.8. The van der Waals surface area contributed by atoms with Crippen molar-refractivity contribution in [2.75, 3.05) is 36.9 Å². The van der Waals surface area contributed by atoms with E-state index in [1.807, 2.05) is 61.6 Å². The minimum absolute atomic E-state index is 0.226. The molecule has 0 aliphatic carbocycles. The highest BCUT2D eigenvalue weighted by atomic mass is 17.0. The van der Waals surface area contributed by atoms with E-state index in [0.717, 1.165) is 68.7 Å². The van der Waals surface area contributed by atoms with Gasteiger partial charge in [0.1, 0.15) is 12.1 Å². The van der Waals surface area contributed by atoms with Gasteiger partial charge in [-0.25, -0.2) is 4.79 Å². The molecule has 1 aliphatic rings. The number of rotatable bonds is 18. The number of anilines is 2. The number of carboxylic acids is 1. The van der Waals surface area contributed by atoms with Crippen molar-refractivity contribution in [1.82, 2.24) is 16.0 Å². The minimum atomic E-state index is -1.02. The first-order valence-electron chi connectivity index (χ1n) is 17.5. The third-order valence-electron chi connectivity index (χ3n) is 7.86. The van der Waals surface area contributed by atoms with E-state index in [1.165, 1.54) is 25.5 Å². The fourth-order valence-corrected chi connectivity index (χ4v) is 4.95. The molecule has 2 aromatic rings. The quantitative estimate of drug-likeness (QED) is 0.0282. The van der Waals surface area contributed by atoms with Crippen molar-refractivity contribution >= 4 is 29.5 Å².